The highest BCUT2D eigenvalue weighted by Crippen LogP contribution is 2.43. The first-order valence-corrected chi connectivity index (χ1v) is 9.85. The van der Waals surface area contributed by atoms with Crippen molar-refractivity contribution in [3.05, 3.63) is 106 Å². The van der Waals surface area contributed by atoms with Crippen molar-refractivity contribution in [2.45, 2.75) is 12.1 Å². The van der Waals surface area contributed by atoms with Crippen LogP contribution in [0.25, 0.3) is 6.08 Å². The molecule has 4 rings (SSSR count). The van der Waals surface area contributed by atoms with E-state index in [1.54, 1.807) is 30.4 Å². The van der Waals surface area contributed by atoms with Crippen LogP contribution in [0.2, 0.25) is 10.0 Å². The van der Waals surface area contributed by atoms with Gasteiger partial charge in [0.2, 0.25) is 0 Å². The predicted molar refractivity (Wildman–Crippen MR) is 114 cm³/mol. The molecule has 1 aliphatic rings. The molecule has 2 heterocycles. The zero-order valence-electron chi connectivity index (χ0n) is 15.6. The smallest absolute Gasteiger partial charge is 0.289 e. The lowest BCUT2D eigenvalue weighted by atomic mass is 9.92. The van der Waals surface area contributed by atoms with Gasteiger partial charge >= 0.3 is 0 Å². The van der Waals surface area contributed by atoms with Gasteiger partial charge < -0.3 is 9.64 Å². The Morgan fingerprint density at radius 1 is 0.966 bits per heavy atom. The number of nitrogens with zero attached hydrogens (tertiary/aromatic N) is 2. The average molecular weight is 425 g/mol. The van der Waals surface area contributed by atoms with Gasteiger partial charge in [-0.15, -0.1) is 0 Å². The summed E-state index contributed by atoms with van der Waals surface area (Å²) in [6.45, 7) is 0. The molecule has 0 radical (unpaired) electrons. The monoisotopic (exact) mass is 424 g/mol. The highest BCUT2D eigenvalue weighted by atomic mass is 35.5. The van der Waals surface area contributed by atoms with Gasteiger partial charge in [0.1, 0.15) is 6.10 Å². The molecule has 0 aliphatic carbocycles. The van der Waals surface area contributed by atoms with Crippen LogP contribution in [0.3, 0.4) is 0 Å². The summed E-state index contributed by atoms with van der Waals surface area (Å²) in [4.78, 5) is 18.9. The SMILES string of the molecule is CN1C(=O)/C(=C/c2cccnc2)O[C@@H](c2ccc(Cl)cc2)C1c1ccc(Cl)cc1. The van der Waals surface area contributed by atoms with Crippen LogP contribution < -0.4 is 0 Å². The number of amides is 1. The summed E-state index contributed by atoms with van der Waals surface area (Å²) in [7, 11) is 1.78. The second-order valence-corrected chi connectivity index (χ2v) is 7.67. The van der Waals surface area contributed by atoms with Crippen LogP contribution in [-0.2, 0) is 9.53 Å². The highest BCUT2D eigenvalue weighted by Gasteiger charge is 2.40. The number of halogens is 2. The number of pyridine rings is 1. The zero-order valence-corrected chi connectivity index (χ0v) is 17.1. The van der Waals surface area contributed by atoms with E-state index < -0.39 is 6.10 Å². The summed E-state index contributed by atoms with van der Waals surface area (Å²) >= 11 is 12.1. The van der Waals surface area contributed by atoms with Crippen LogP contribution in [0.4, 0.5) is 0 Å². The molecule has 0 spiro atoms. The number of likely N-dealkylation sites (N-methyl/N-ethyl adjacent to an activating group) is 1. The molecule has 1 saturated heterocycles. The van der Waals surface area contributed by atoms with Gasteiger partial charge in [-0.3, -0.25) is 9.78 Å². The first-order valence-electron chi connectivity index (χ1n) is 9.09. The molecule has 1 fully saturated rings. The molecule has 29 heavy (non-hydrogen) atoms. The Bertz CT molecular complexity index is 1030. The third kappa shape index (κ3) is 4.14. The average Bonchev–Trinajstić information content (AvgIpc) is 2.74. The molecule has 6 heteroatoms. The van der Waals surface area contributed by atoms with Crippen molar-refractivity contribution in [3.63, 3.8) is 0 Å². The van der Waals surface area contributed by atoms with Crippen molar-refractivity contribution in [3.8, 4) is 0 Å². The maximum absolute atomic E-state index is 13.1. The largest absolute Gasteiger partial charge is 0.477 e. The molecule has 1 aliphatic heterocycles. The van der Waals surface area contributed by atoms with Crippen LogP contribution in [-0.4, -0.2) is 22.8 Å². The molecule has 2 aromatic carbocycles. The minimum atomic E-state index is -0.404. The van der Waals surface area contributed by atoms with Crippen LogP contribution in [0, 0.1) is 0 Å². The summed E-state index contributed by atoms with van der Waals surface area (Å²) in [5, 5.41) is 1.28. The fourth-order valence-electron chi connectivity index (χ4n) is 3.42. The van der Waals surface area contributed by atoms with Gasteiger partial charge in [-0.05, 0) is 53.1 Å². The van der Waals surface area contributed by atoms with Crippen molar-refractivity contribution >= 4 is 35.2 Å². The van der Waals surface area contributed by atoms with Crippen molar-refractivity contribution in [1.82, 2.24) is 9.88 Å². The third-order valence-corrected chi connectivity index (χ3v) is 5.39. The molecular formula is C23H18Cl2N2O2. The number of rotatable bonds is 3. The van der Waals surface area contributed by atoms with E-state index in [0.717, 1.165) is 16.7 Å². The fourth-order valence-corrected chi connectivity index (χ4v) is 3.68. The highest BCUT2D eigenvalue weighted by molar-refractivity contribution is 6.30. The summed E-state index contributed by atoms with van der Waals surface area (Å²) < 4.78 is 6.26. The van der Waals surface area contributed by atoms with E-state index in [0.29, 0.717) is 10.0 Å². The van der Waals surface area contributed by atoms with Gasteiger partial charge in [-0.25, -0.2) is 0 Å². The van der Waals surface area contributed by atoms with Crippen LogP contribution in [0.5, 0.6) is 0 Å². The number of hydrogen-bond acceptors (Lipinski definition) is 3. The van der Waals surface area contributed by atoms with Gasteiger partial charge in [-0.2, -0.15) is 0 Å². The molecule has 1 amide bonds. The summed E-state index contributed by atoms with van der Waals surface area (Å²) in [6.07, 6.45) is 4.68. The van der Waals surface area contributed by atoms with Crippen LogP contribution in [0.1, 0.15) is 28.8 Å². The molecule has 0 saturated carbocycles. The molecule has 146 valence electrons. The lowest BCUT2D eigenvalue weighted by molar-refractivity contribution is -0.144. The van der Waals surface area contributed by atoms with Gasteiger partial charge in [0.15, 0.2) is 5.76 Å². The summed E-state index contributed by atoms with van der Waals surface area (Å²) in [5.41, 5.74) is 2.65. The van der Waals surface area contributed by atoms with Crippen molar-refractivity contribution in [2.75, 3.05) is 7.05 Å². The van der Waals surface area contributed by atoms with E-state index in [2.05, 4.69) is 4.98 Å². The molecule has 0 N–H and O–H groups in total. The van der Waals surface area contributed by atoms with E-state index in [1.807, 2.05) is 60.7 Å². The van der Waals surface area contributed by atoms with E-state index in [9.17, 15) is 4.79 Å². The number of morpholine rings is 1. The van der Waals surface area contributed by atoms with Gasteiger partial charge in [0.05, 0.1) is 6.04 Å². The molecule has 3 aromatic rings. The van der Waals surface area contributed by atoms with Gasteiger partial charge in [-0.1, -0.05) is 53.5 Å². The number of carbonyl (C=O) groups is 1. The fraction of sp³-hybridized carbons (Fsp3) is 0.130. The Morgan fingerprint density at radius 2 is 1.59 bits per heavy atom. The number of aromatic nitrogens is 1. The first-order chi connectivity index (χ1) is 14.0. The number of benzene rings is 2. The van der Waals surface area contributed by atoms with Gasteiger partial charge in [0, 0.05) is 29.5 Å². The lowest BCUT2D eigenvalue weighted by Gasteiger charge is -2.40. The van der Waals surface area contributed by atoms with E-state index in [1.165, 1.54) is 0 Å². The standard InChI is InChI=1S/C23H18Cl2N2O2/c1-27-21(16-4-8-18(24)9-5-16)22(17-6-10-19(25)11-7-17)29-20(23(27)28)13-15-3-2-12-26-14-15/h2-14,21-22H,1H3/b20-13-/t21?,22-/m0/s1. The van der Waals surface area contributed by atoms with E-state index >= 15 is 0 Å². The molecule has 1 aromatic heterocycles. The topological polar surface area (TPSA) is 42.4 Å². The summed E-state index contributed by atoms with van der Waals surface area (Å²) in [5.74, 6) is 0.0738. The number of carbonyl (C=O) groups excluding carboxylic acids is 1. The Labute approximate surface area is 179 Å². The quantitative estimate of drug-likeness (QED) is 0.506. The molecular weight excluding hydrogens is 407 g/mol. The van der Waals surface area contributed by atoms with E-state index in [-0.39, 0.29) is 17.7 Å². The Morgan fingerprint density at radius 3 is 2.17 bits per heavy atom. The number of hydrogen-bond donors (Lipinski definition) is 0. The Kier molecular flexibility index (Phi) is 5.56. The summed E-state index contributed by atoms with van der Waals surface area (Å²) in [6, 6.07) is 18.3. The van der Waals surface area contributed by atoms with Crippen molar-refractivity contribution in [1.29, 1.82) is 0 Å². The third-order valence-electron chi connectivity index (χ3n) is 4.88. The maximum atomic E-state index is 13.1. The minimum Gasteiger partial charge on any atom is -0.477 e. The van der Waals surface area contributed by atoms with Crippen molar-refractivity contribution in [2.24, 2.45) is 0 Å². The molecule has 2 atom stereocenters. The number of ether oxygens (including phenoxy) is 1. The van der Waals surface area contributed by atoms with Gasteiger partial charge in [0.25, 0.3) is 5.91 Å². The van der Waals surface area contributed by atoms with Crippen LogP contribution >= 0.6 is 23.2 Å². The first kappa shape index (κ1) is 19.5. The zero-order chi connectivity index (χ0) is 20.4. The molecule has 4 nitrogen and oxygen atoms in total. The Hall–Kier alpha value is -2.82. The van der Waals surface area contributed by atoms with E-state index in [4.69, 9.17) is 27.9 Å². The Balaban J connectivity index is 1.78. The second kappa shape index (κ2) is 8.27. The molecule has 1 unspecified atom stereocenters. The molecule has 0 bridgehead atoms. The normalized spacial score (nSPS) is 20.6. The second-order valence-electron chi connectivity index (χ2n) is 6.80. The maximum Gasteiger partial charge on any atom is 0.289 e. The lowest BCUT2D eigenvalue weighted by Crippen LogP contribution is -2.42. The minimum absolute atomic E-state index is 0.195. The van der Waals surface area contributed by atoms with Crippen LogP contribution in [0.15, 0.2) is 78.8 Å². The van der Waals surface area contributed by atoms with Crippen molar-refractivity contribution < 1.29 is 9.53 Å². The predicted octanol–water partition coefficient (Wildman–Crippen LogP) is 5.70.